The molecule has 0 aromatic heterocycles. The van der Waals surface area contributed by atoms with Gasteiger partial charge in [0, 0.05) is 30.6 Å². The van der Waals surface area contributed by atoms with Crippen molar-refractivity contribution in [3.05, 3.63) is 64.7 Å². The molecule has 1 aliphatic rings. The SMILES string of the molecule is CCOc1ccc([C@@](O)(C(C)C)[C@H](CN2CCOCC2)c2ccc(Cl)cc2)cc1. The average Bonchev–Trinajstić information content (AvgIpc) is 2.74. The first-order valence-electron chi connectivity index (χ1n) is 10.5. The Bertz CT molecular complexity index is 757. The van der Waals surface area contributed by atoms with E-state index in [0.29, 0.717) is 11.6 Å². The van der Waals surface area contributed by atoms with Gasteiger partial charge < -0.3 is 14.6 Å². The van der Waals surface area contributed by atoms with Crippen LogP contribution in [0.1, 0.15) is 37.8 Å². The van der Waals surface area contributed by atoms with E-state index in [1.807, 2.05) is 55.5 Å². The second-order valence-corrected chi connectivity index (χ2v) is 8.39. The lowest BCUT2D eigenvalue weighted by Crippen LogP contribution is -2.47. The number of halogens is 1. The molecule has 158 valence electrons. The van der Waals surface area contributed by atoms with Crippen LogP contribution < -0.4 is 4.74 Å². The van der Waals surface area contributed by atoms with E-state index in [-0.39, 0.29) is 11.8 Å². The molecule has 1 N–H and O–H groups in total. The van der Waals surface area contributed by atoms with Gasteiger partial charge in [0.2, 0.25) is 0 Å². The second kappa shape index (κ2) is 9.94. The number of rotatable bonds is 8. The molecule has 0 spiro atoms. The lowest BCUT2D eigenvalue weighted by atomic mass is 9.70. The van der Waals surface area contributed by atoms with Gasteiger partial charge in [-0.15, -0.1) is 0 Å². The summed E-state index contributed by atoms with van der Waals surface area (Å²) in [6.07, 6.45) is 0. The number of hydrogen-bond donors (Lipinski definition) is 1. The number of ether oxygens (including phenoxy) is 2. The molecule has 2 aromatic carbocycles. The van der Waals surface area contributed by atoms with Crippen LogP contribution in [0.5, 0.6) is 5.75 Å². The topological polar surface area (TPSA) is 41.9 Å². The highest BCUT2D eigenvalue weighted by Crippen LogP contribution is 2.44. The van der Waals surface area contributed by atoms with E-state index in [0.717, 1.165) is 49.7 Å². The predicted octanol–water partition coefficient (Wildman–Crippen LogP) is 4.70. The zero-order chi connectivity index (χ0) is 20.9. The molecule has 0 amide bonds. The number of benzene rings is 2. The van der Waals surface area contributed by atoms with Crippen molar-refractivity contribution in [3.8, 4) is 5.75 Å². The van der Waals surface area contributed by atoms with E-state index in [4.69, 9.17) is 21.1 Å². The fourth-order valence-corrected chi connectivity index (χ4v) is 4.28. The van der Waals surface area contributed by atoms with Crippen molar-refractivity contribution < 1.29 is 14.6 Å². The molecule has 0 aliphatic carbocycles. The van der Waals surface area contributed by atoms with Crippen molar-refractivity contribution in [1.29, 1.82) is 0 Å². The Balaban J connectivity index is 2.01. The summed E-state index contributed by atoms with van der Waals surface area (Å²) in [5.74, 6) is 0.733. The minimum Gasteiger partial charge on any atom is -0.494 e. The fourth-order valence-electron chi connectivity index (χ4n) is 4.16. The van der Waals surface area contributed by atoms with Crippen LogP contribution >= 0.6 is 11.6 Å². The van der Waals surface area contributed by atoms with E-state index >= 15 is 0 Å². The van der Waals surface area contributed by atoms with Gasteiger partial charge in [0.25, 0.3) is 0 Å². The van der Waals surface area contributed by atoms with Crippen LogP contribution in [0.25, 0.3) is 0 Å². The Morgan fingerprint density at radius 2 is 1.69 bits per heavy atom. The first-order chi connectivity index (χ1) is 13.9. The summed E-state index contributed by atoms with van der Waals surface area (Å²) in [5.41, 5.74) is 0.965. The number of hydrogen-bond acceptors (Lipinski definition) is 4. The Morgan fingerprint density at radius 3 is 2.24 bits per heavy atom. The van der Waals surface area contributed by atoms with Crippen LogP contribution in [-0.4, -0.2) is 49.5 Å². The van der Waals surface area contributed by atoms with Crippen molar-refractivity contribution in [1.82, 2.24) is 4.90 Å². The van der Waals surface area contributed by atoms with Crippen LogP contribution in [-0.2, 0) is 10.3 Å². The predicted molar refractivity (Wildman–Crippen MR) is 118 cm³/mol. The van der Waals surface area contributed by atoms with Crippen molar-refractivity contribution in [2.75, 3.05) is 39.5 Å². The Hall–Kier alpha value is -1.59. The molecule has 3 rings (SSSR count). The molecular formula is C24H32ClNO3. The third-order valence-electron chi connectivity index (χ3n) is 5.86. The molecule has 0 saturated carbocycles. The summed E-state index contributed by atoms with van der Waals surface area (Å²) in [4.78, 5) is 2.38. The molecule has 2 atom stereocenters. The van der Waals surface area contributed by atoms with Gasteiger partial charge in [-0.3, -0.25) is 4.90 Å². The van der Waals surface area contributed by atoms with Gasteiger partial charge in [-0.1, -0.05) is 49.7 Å². The van der Waals surface area contributed by atoms with Gasteiger partial charge in [-0.25, -0.2) is 0 Å². The Labute approximate surface area is 179 Å². The quantitative estimate of drug-likeness (QED) is 0.676. The van der Waals surface area contributed by atoms with E-state index in [9.17, 15) is 5.11 Å². The van der Waals surface area contributed by atoms with Gasteiger partial charge in [-0.05, 0) is 48.2 Å². The average molecular weight is 418 g/mol. The number of morpholine rings is 1. The molecule has 2 aromatic rings. The zero-order valence-electron chi connectivity index (χ0n) is 17.6. The van der Waals surface area contributed by atoms with Crippen molar-refractivity contribution in [2.24, 2.45) is 5.92 Å². The number of nitrogens with zero attached hydrogens (tertiary/aromatic N) is 1. The van der Waals surface area contributed by atoms with Crippen molar-refractivity contribution >= 4 is 11.6 Å². The van der Waals surface area contributed by atoms with Crippen LogP contribution in [0.2, 0.25) is 5.02 Å². The summed E-state index contributed by atoms with van der Waals surface area (Å²) >= 11 is 6.15. The van der Waals surface area contributed by atoms with Gasteiger partial charge >= 0.3 is 0 Å². The molecule has 1 heterocycles. The van der Waals surface area contributed by atoms with Crippen LogP contribution in [0.15, 0.2) is 48.5 Å². The van der Waals surface area contributed by atoms with Crippen LogP contribution in [0.3, 0.4) is 0 Å². The second-order valence-electron chi connectivity index (χ2n) is 7.95. The molecular weight excluding hydrogens is 386 g/mol. The van der Waals surface area contributed by atoms with E-state index in [2.05, 4.69) is 18.7 Å². The lowest BCUT2D eigenvalue weighted by molar-refractivity contribution is -0.0547. The molecule has 1 aliphatic heterocycles. The Kier molecular flexibility index (Phi) is 7.58. The summed E-state index contributed by atoms with van der Waals surface area (Å²) in [5, 5.41) is 12.9. The minimum absolute atomic E-state index is 0.0159. The molecule has 0 bridgehead atoms. The van der Waals surface area contributed by atoms with E-state index in [1.165, 1.54) is 0 Å². The normalized spacial score (nSPS) is 18.4. The molecule has 1 fully saturated rings. The standard InChI is InChI=1S/C24H32ClNO3/c1-4-29-22-11-7-20(8-12-22)24(27,18(2)3)23(17-26-13-15-28-16-14-26)19-5-9-21(25)10-6-19/h5-12,18,23,27H,4,13-17H2,1-3H3/t23-,24+/m1/s1. The summed E-state index contributed by atoms with van der Waals surface area (Å²) in [7, 11) is 0. The molecule has 1 saturated heterocycles. The molecule has 4 nitrogen and oxygen atoms in total. The van der Waals surface area contributed by atoms with Gasteiger partial charge in [0.05, 0.1) is 25.4 Å². The highest BCUT2D eigenvalue weighted by molar-refractivity contribution is 6.30. The molecule has 5 heteroatoms. The summed E-state index contributed by atoms with van der Waals surface area (Å²) < 4.78 is 11.1. The largest absolute Gasteiger partial charge is 0.494 e. The summed E-state index contributed by atoms with van der Waals surface area (Å²) in [6, 6.07) is 15.8. The maximum atomic E-state index is 12.2. The fraction of sp³-hybridized carbons (Fsp3) is 0.500. The van der Waals surface area contributed by atoms with Gasteiger partial charge in [-0.2, -0.15) is 0 Å². The molecule has 29 heavy (non-hydrogen) atoms. The highest BCUT2D eigenvalue weighted by Gasteiger charge is 2.43. The smallest absolute Gasteiger partial charge is 0.119 e. The maximum absolute atomic E-state index is 12.2. The zero-order valence-corrected chi connectivity index (χ0v) is 18.4. The monoisotopic (exact) mass is 417 g/mol. The molecule has 0 unspecified atom stereocenters. The summed E-state index contributed by atoms with van der Waals surface area (Å²) in [6.45, 7) is 10.7. The third kappa shape index (κ3) is 5.13. The van der Waals surface area contributed by atoms with Gasteiger partial charge in [0.15, 0.2) is 0 Å². The van der Waals surface area contributed by atoms with Gasteiger partial charge in [0.1, 0.15) is 5.75 Å². The first-order valence-corrected chi connectivity index (χ1v) is 10.8. The Morgan fingerprint density at radius 1 is 1.07 bits per heavy atom. The molecule has 0 radical (unpaired) electrons. The maximum Gasteiger partial charge on any atom is 0.119 e. The van der Waals surface area contributed by atoms with E-state index < -0.39 is 5.60 Å². The van der Waals surface area contributed by atoms with E-state index in [1.54, 1.807) is 0 Å². The lowest BCUT2D eigenvalue weighted by Gasteiger charge is -2.43. The van der Waals surface area contributed by atoms with Crippen LogP contribution in [0, 0.1) is 5.92 Å². The van der Waals surface area contributed by atoms with Crippen molar-refractivity contribution in [3.63, 3.8) is 0 Å². The number of aliphatic hydroxyl groups is 1. The first kappa shape index (κ1) is 22.1. The van der Waals surface area contributed by atoms with Crippen LogP contribution in [0.4, 0.5) is 0 Å². The van der Waals surface area contributed by atoms with Crippen molar-refractivity contribution in [2.45, 2.75) is 32.3 Å². The highest BCUT2D eigenvalue weighted by atomic mass is 35.5. The third-order valence-corrected chi connectivity index (χ3v) is 6.11. The minimum atomic E-state index is -1.03.